The molecule has 0 aliphatic rings. The van der Waals surface area contributed by atoms with Crippen LogP contribution >= 0.6 is 0 Å². The van der Waals surface area contributed by atoms with E-state index >= 15 is 0 Å². The molecule has 1 amide bonds. The number of unbranched alkanes of at least 4 members (excludes halogenated alkanes) is 1. The van der Waals surface area contributed by atoms with Crippen LogP contribution in [0, 0.1) is 0 Å². The van der Waals surface area contributed by atoms with E-state index in [9.17, 15) is 4.79 Å². The SMILES string of the molecule is CCCNc1ncnc(NCCCCC(N)=O)c1CC. The van der Waals surface area contributed by atoms with Crippen molar-refractivity contribution in [2.45, 2.75) is 46.0 Å². The maximum atomic E-state index is 10.7. The number of hydrogen-bond acceptors (Lipinski definition) is 5. The normalized spacial score (nSPS) is 10.3. The van der Waals surface area contributed by atoms with E-state index in [1.54, 1.807) is 6.33 Å². The minimum atomic E-state index is -0.243. The predicted octanol–water partition coefficient (Wildman–Crippen LogP) is 1.93. The summed E-state index contributed by atoms with van der Waals surface area (Å²) in [4.78, 5) is 19.2. The van der Waals surface area contributed by atoms with Crippen molar-refractivity contribution in [2.75, 3.05) is 23.7 Å². The second-order valence-electron chi connectivity index (χ2n) is 4.68. The Hall–Kier alpha value is -1.85. The van der Waals surface area contributed by atoms with Gasteiger partial charge in [0.25, 0.3) is 0 Å². The highest BCUT2D eigenvalue weighted by atomic mass is 16.1. The maximum Gasteiger partial charge on any atom is 0.217 e. The molecule has 0 radical (unpaired) electrons. The van der Waals surface area contributed by atoms with Crippen LogP contribution in [0.4, 0.5) is 11.6 Å². The number of rotatable bonds is 10. The van der Waals surface area contributed by atoms with Crippen LogP contribution in [0.15, 0.2) is 6.33 Å². The molecule has 0 aliphatic carbocycles. The molecular weight excluding hydrogens is 254 g/mol. The fourth-order valence-electron chi connectivity index (χ4n) is 1.93. The highest BCUT2D eigenvalue weighted by Gasteiger charge is 2.08. The van der Waals surface area contributed by atoms with Crippen molar-refractivity contribution in [3.63, 3.8) is 0 Å². The molecule has 20 heavy (non-hydrogen) atoms. The number of carbonyl (C=O) groups is 1. The Morgan fingerprint density at radius 3 is 2.35 bits per heavy atom. The third-order valence-electron chi connectivity index (χ3n) is 2.98. The predicted molar refractivity (Wildman–Crippen MR) is 81.7 cm³/mol. The third kappa shape index (κ3) is 5.42. The molecule has 1 aromatic rings. The summed E-state index contributed by atoms with van der Waals surface area (Å²) in [6, 6.07) is 0. The lowest BCUT2D eigenvalue weighted by molar-refractivity contribution is -0.118. The Balaban J connectivity index is 2.53. The molecule has 112 valence electrons. The first kappa shape index (κ1) is 16.2. The van der Waals surface area contributed by atoms with Crippen LogP contribution in [-0.2, 0) is 11.2 Å². The van der Waals surface area contributed by atoms with Crippen LogP contribution in [0.25, 0.3) is 0 Å². The number of nitrogens with zero attached hydrogens (tertiary/aromatic N) is 2. The molecule has 1 aromatic heterocycles. The summed E-state index contributed by atoms with van der Waals surface area (Å²) < 4.78 is 0. The van der Waals surface area contributed by atoms with Crippen LogP contribution in [0.5, 0.6) is 0 Å². The van der Waals surface area contributed by atoms with Gasteiger partial charge in [0.1, 0.15) is 18.0 Å². The molecule has 6 heteroatoms. The highest BCUT2D eigenvalue weighted by molar-refractivity contribution is 5.73. The van der Waals surface area contributed by atoms with Crippen molar-refractivity contribution >= 4 is 17.5 Å². The van der Waals surface area contributed by atoms with E-state index in [0.29, 0.717) is 6.42 Å². The fraction of sp³-hybridized carbons (Fsp3) is 0.643. The summed E-state index contributed by atoms with van der Waals surface area (Å²) in [5, 5.41) is 6.63. The lowest BCUT2D eigenvalue weighted by atomic mass is 10.2. The second kappa shape index (κ2) is 9.12. The number of nitrogens with one attached hydrogen (secondary N) is 2. The van der Waals surface area contributed by atoms with E-state index in [2.05, 4.69) is 34.4 Å². The van der Waals surface area contributed by atoms with Crippen LogP contribution in [0.1, 0.15) is 45.1 Å². The molecule has 0 fully saturated rings. The average molecular weight is 279 g/mol. The Kier molecular flexibility index (Phi) is 7.39. The van der Waals surface area contributed by atoms with Gasteiger partial charge in [0.15, 0.2) is 0 Å². The van der Waals surface area contributed by atoms with Gasteiger partial charge in [-0.05, 0) is 25.7 Å². The van der Waals surface area contributed by atoms with Gasteiger partial charge in [-0.1, -0.05) is 13.8 Å². The molecule has 0 aliphatic heterocycles. The van der Waals surface area contributed by atoms with Crippen molar-refractivity contribution < 1.29 is 4.79 Å². The molecular formula is C14H25N5O. The number of amides is 1. The minimum Gasteiger partial charge on any atom is -0.370 e. The number of anilines is 2. The zero-order valence-corrected chi connectivity index (χ0v) is 12.4. The number of aromatic nitrogens is 2. The first-order valence-electron chi connectivity index (χ1n) is 7.28. The van der Waals surface area contributed by atoms with E-state index in [-0.39, 0.29) is 5.91 Å². The molecule has 1 heterocycles. The van der Waals surface area contributed by atoms with Crippen LogP contribution in [0.3, 0.4) is 0 Å². The maximum absolute atomic E-state index is 10.7. The number of primary amides is 1. The largest absolute Gasteiger partial charge is 0.370 e. The summed E-state index contributed by atoms with van der Waals surface area (Å²) in [6.07, 6.45) is 5.64. The van der Waals surface area contributed by atoms with E-state index in [1.165, 1.54) is 0 Å². The summed E-state index contributed by atoms with van der Waals surface area (Å²) in [6.45, 7) is 5.90. The van der Waals surface area contributed by atoms with Gasteiger partial charge in [-0.15, -0.1) is 0 Å². The van der Waals surface area contributed by atoms with Crippen LogP contribution in [-0.4, -0.2) is 29.0 Å². The topological polar surface area (TPSA) is 92.9 Å². The molecule has 0 bridgehead atoms. The smallest absolute Gasteiger partial charge is 0.217 e. The Morgan fingerprint density at radius 1 is 1.15 bits per heavy atom. The van der Waals surface area contributed by atoms with Crippen LogP contribution < -0.4 is 16.4 Å². The molecule has 0 atom stereocenters. The van der Waals surface area contributed by atoms with Gasteiger partial charge >= 0.3 is 0 Å². The van der Waals surface area contributed by atoms with Gasteiger partial charge in [0, 0.05) is 25.1 Å². The summed E-state index contributed by atoms with van der Waals surface area (Å²) >= 11 is 0. The summed E-state index contributed by atoms with van der Waals surface area (Å²) in [7, 11) is 0. The first-order chi connectivity index (χ1) is 9.69. The number of hydrogen-bond donors (Lipinski definition) is 3. The van der Waals surface area contributed by atoms with E-state index in [0.717, 1.165) is 56.0 Å². The molecule has 1 rings (SSSR count). The number of nitrogens with two attached hydrogens (primary N) is 1. The van der Waals surface area contributed by atoms with Gasteiger partial charge in [0.05, 0.1) is 0 Å². The van der Waals surface area contributed by atoms with Crippen molar-refractivity contribution in [3.8, 4) is 0 Å². The second-order valence-corrected chi connectivity index (χ2v) is 4.68. The Bertz CT molecular complexity index is 422. The number of carbonyl (C=O) groups excluding carboxylic acids is 1. The molecule has 0 spiro atoms. The standard InChI is InChI=1S/C14H25N5O/c1-3-8-16-13-11(4-2)14(19-10-18-13)17-9-6-5-7-12(15)20/h10H,3-9H2,1-2H3,(H2,15,20)(H2,16,17,18,19). The zero-order valence-electron chi connectivity index (χ0n) is 12.4. The van der Waals surface area contributed by atoms with Gasteiger partial charge in [-0.3, -0.25) is 4.79 Å². The Labute approximate surface area is 120 Å². The molecule has 4 N–H and O–H groups in total. The van der Waals surface area contributed by atoms with Gasteiger partial charge < -0.3 is 16.4 Å². The van der Waals surface area contributed by atoms with Gasteiger partial charge in [-0.2, -0.15) is 0 Å². The lowest BCUT2D eigenvalue weighted by Gasteiger charge is -2.14. The zero-order chi connectivity index (χ0) is 14.8. The highest BCUT2D eigenvalue weighted by Crippen LogP contribution is 2.20. The van der Waals surface area contributed by atoms with Gasteiger partial charge in [-0.25, -0.2) is 9.97 Å². The van der Waals surface area contributed by atoms with Crippen molar-refractivity contribution in [2.24, 2.45) is 5.73 Å². The molecule has 0 saturated carbocycles. The minimum absolute atomic E-state index is 0.243. The van der Waals surface area contributed by atoms with Crippen molar-refractivity contribution in [3.05, 3.63) is 11.9 Å². The third-order valence-corrected chi connectivity index (χ3v) is 2.98. The van der Waals surface area contributed by atoms with E-state index in [4.69, 9.17) is 5.73 Å². The Morgan fingerprint density at radius 2 is 1.80 bits per heavy atom. The first-order valence-corrected chi connectivity index (χ1v) is 7.28. The monoisotopic (exact) mass is 279 g/mol. The molecule has 0 saturated heterocycles. The lowest BCUT2D eigenvalue weighted by Crippen LogP contribution is -2.13. The fourth-order valence-corrected chi connectivity index (χ4v) is 1.93. The van der Waals surface area contributed by atoms with Gasteiger partial charge in [0.2, 0.25) is 5.91 Å². The quantitative estimate of drug-likeness (QED) is 0.569. The van der Waals surface area contributed by atoms with E-state index < -0.39 is 0 Å². The molecule has 6 nitrogen and oxygen atoms in total. The van der Waals surface area contributed by atoms with Crippen LogP contribution in [0.2, 0.25) is 0 Å². The average Bonchev–Trinajstić information content (AvgIpc) is 2.44. The van der Waals surface area contributed by atoms with E-state index in [1.807, 2.05) is 0 Å². The van der Waals surface area contributed by atoms with Crippen molar-refractivity contribution in [1.29, 1.82) is 0 Å². The molecule has 0 aromatic carbocycles. The summed E-state index contributed by atoms with van der Waals surface area (Å²) in [5.41, 5.74) is 6.22. The summed E-state index contributed by atoms with van der Waals surface area (Å²) in [5.74, 6) is 1.54. The van der Waals surface area contributed by atoms with Crippen molar-refractivity contribution in [1.82, 2.24) is 9.97 Å². The molecule has 0 unspecified atom stereocenters.